The molecule has 1 aliphatic carbocycles. The highest BCUT2D eigenvalue weighted by Gasteiger charge is 2.40. The van der Waals surface area contributed by atoms with Crippen LogP contribution in [0.3, 0.4) is 0 Å². The van der Waals surface area contributed by atoms with Gasteiger partial charge < -0.3 is 4.74 Å². The molecule has 1 rings (SSSR count). The van der Waals surface area contributed by atoms with Gasteiger partial charge in [-0.1, -0.05) is 19.3 Å². The maximum Gasteiger partial charge on any atom is 0.178 e. The third kappa shape index (κ3) is 3.05. The second-order valence-corrected chi connectivity index (χ2v) is 5.27. The van der Waals surface area contributed by atoms with Gasteiger partial charge in [-0.05, 0) is 40.8 Å². The van der Waals surface area contributed by atoms with Crippen molar-refractivity contribution in [2.45, 2.75) is 57.6 Å². The fourth-order valence-corrected chi connectivity index (χ4v) is 2.49. The predicted molar refractivity (Wildman–Crippen MR) is 65.6 cm³/mol. The molecule has 0 spiro atoms. The molecule has 0 radical (unpaired) electrons. The van der Waals surface area contributed by atoms with E-state index in [-0.39, 0.29) is 24.0 Å². The van der Waals surface area contributed by atoms with E-state index in [4.69, 9.17) is 4.74 Å². The number of hydrogen-bond donors (Lipinski definition) is 0. The second kappa shape index (κ2) is 5.78. The van der Waals surface area contributed by atoms with Crippen molar-refractivity contribution >= 4 is 5.78 Å². The van der Waals surface area contributed by atoms with Crippen molar-refractivity contribution in [3.63, 3.8) is 0 Å². The Bertz CT molecular complexity index is 230. The maximum absolute atomic E-state index is 12.3. The smallest absolute Gasteiger partial charge is 0.178 e. The molecule has 0 aliphatic heterocycles. The highest BCUT2D eigenvalue weighted by atomic mass is 16.5. The normalized spacial score (nSPS) is 20.4. The van der Waals surface area contributed by atoms with Crippen LogP contribution in [0.5, 0.6) is 0 Å². The lowest BCUT2D eigenvalue weighted by atomic mass is 9.77. The Hall–Kier alpha value is -0.410. The van der Waals surface area contributed by atoms with Gasteiger partial charge in [0.1, 0.15) is 6.61 Å². The van der Waals surface area contributed by atoms with Gasteiger partial charge in [-0.2, -0.15) is 0 Å². The number of hydrogen-bond acceptors (Lipinski definition) is 3. The minimum atomic E-state index is -0.257. The molecular weight excluding hydrogens is 202 g/mol. The first-order valence-corrected chi connectivity index (χ1v) is 6.31. The van der Waals surface area contributed by atoms with Gasteiger partial charge in [-0.3, -0.25) is 9.69 Å². The van der Waals surface area contributed by atoms with E-state index in [1.807, 2.05) is 27.9 Å². The third-order valence-corrected chi connectivity index (χ3v) is 3.60. The summed E-state index contributed by atoms with van der Waals surface area (Å²) >= 11 is 0. The van der Waals surface area contributed by atoms with Crippen molar-refractivity contribution in [2.24, 2.45) is 0 Å². The average molecular weight is 227 g/mol. The van der Waals surface area contributed by atoms with Gasteiger partial charge in [0, 0.05) is 0 Å². The summed E-state index contributed by atoms with van der Waals surface area (Å²) in [6, 6.07) is 0. The zero-order chi connectivity index (χ0) is 12.2. The molecule has 0 heterocycles. The fraction of sp³-hybridized carbons (Fsp3) is 0.923. The lowest BCUT2D eigenvalue weighted by Crippen LogP contribution is -2.53. The van der Waals surface area contributed by atoms with Gasteiger partial charge in [0.2, 0.25) is 0 Å². The summed E-state index contributed by atoms with van der Waals surface area (Å²) in [5.41, 5.74) is -0.257. The van der Waals surface area contributed by atoms with E-state index < -0.39 is 0 Å². The number of carbonyl (C=O) groups is 1. The molecule has 1 saturated carbocycles. The molecule has 0 N–H and O–H groups in total. The van der Waals surface area contributed by atoms with Crippen molar-refractivity contribution in [2.75, 3.05) is 20.7 Å². The molecule has 0 saturated heterocycles. The van der Waals surface area contributed by atoms with Crippen molar-refractivity contribution < 1.29 is 9.53 Å². The van der Waals surface area contributed by atoms with Crippen LogP contribution in [0.15, 0.2) is 0 Å². The Labute approximate surface area is 99.1 Å². The highest BCUT2D eigenvalue weighted by Crippen LogP contribution is 2.33. The van der Waals surface area contributed by atoms with E-state index in [2.05, 4.69) is 4.90 Å². The SMILES string of the molecule is CC(C)OCC(=O)C1(N(C)C)CCCCC1. The van der Waals surface area contributed by atoms with Crippen LogP contribution in [0.25, 0.3) is 0 Å². The zero-order valence-electron chi connectivity index (χ0n) is 11.1. The van der Waals surface area contributed by atoms with Gasteiger partial charge in [0.05, 0.1) is 11.6 Å². The van der Waals surface area contributed by atoms with Crippen LogP contribution in [0, 0.1) is 0 Å². The van der Waals surface area contributed by atoms with Crippen LogP contribution in [-0.2, 0) is 9.53 Å². The van der Waals surface area contributed by atoms with E-state index >= 15 is 0 Å². The van der Waals surface area contributed by atoms with Crippen LogP contribution in [0.2, 0.25) is 0 Å². The topological polar surface area (TPSA) is 29.5 Å². The predicted octanol–water partition coefficient (Wildman–Crippen LogP) is 2.25. The van der Waals surface area contributed by atoms with Gasteiger partial charge in [0.15, 0.2) is 5.78 Å². The molecule has 3 nitrogen and oxygen atoms in total. The van der Waals surface area contributed by atoms with Gasteiger partial charge >= 0.3 is 0 Å². The highest BCUT2D eigenvalue weighted by molar-refractivity contribution is 5.89. The minimum Gasteiger partial charge on any atom is -0.371 e. The summed E-state index contributed by atoms with van der Waals surface area (Å²) in [7, 11) is 4.02. The molecule has 0 unspecified atom stereocenters. The van der Waals surface area contributed by atoms with E-state index in [0.717, 1.165) is 25.7 Å². The molecule has 0 amide bonds. The summed E-state index contributed by atoms with van der Waals surface area (Å²) in [6.45, 7) is 4.20. The summed E-state index contributed by atoms with van der Waals surface area (Å²) in [6.07, 6.45) is 5.68. The molecular formula is C13H25NO2. The van der Waals surface area contributed by atoms with Crippen LogP contribution in [-0.4, -0.2) is 43.0 Å². The summed E-state index contributed by atoms with van der Waals surface area (Å²) in [5.74, 6) is 0.255. The molecule has 1 aliphatic rings. The van der Waals surface area contributed by atoms with Gasteiger partial charge in [0.25, 0.3) is 0 Å². The van der Waals surface area contributed by atoms with Gasteiger partial charge in [-0.15, -0.1) is 0 Å². The first-order valence-electron chi connectivity index (χ1n) is 6.31. The monoisotopic (exact) mass is 227 g/mol. The van der Waals surface area contributed by atoms with Crippen molar-refractivity contribution in [3.8, 4) is 0 Å². The van der Waals surface area contributed by atoms with Crippen LogP contribution >= 0.6 is 0 Å². The molecule has 0 aromatic heterocycles. The summed E-state index contributed by atoms with van der Waals surface area (Å²) in [4.78, 5) is 14.4. The van der Waals surface area contributed by atoms with Crippen LogP contribution < -0.4 is 0 Å². The van der Waals surface area contributed by atoms with Crippen LogP contribution in [0.1, 0.15) is 46.0 Å². The molecule has 0 aromatic carbocycles. The largest absolute Gasteiger partial charge is 0.371 e. The summed E-state index contributed by atoms with van der Waals surface area (Å²) < 4.78 is 5.46. The molecule has 94 valence electrons. The molecule has 1 fully saturated rings. The Morgan fingerprint density at radius 2 is 1.81 bits per heavy atom. The maximum atomic E-state index is 12.3. The van der Waals surface area contributed by atoms with Crippen LogP contribution in [0.4, 0.5) is 0 Å². The minimum absolute atomic E-state index is 0.131. The van der Waals surface area contributed by atoms with E-state index in [0.29, 0.717) is 0 Å². The van der Waals surface area contributed by atoms with Gasteiger partial charge in [-0.25, -0.2) is 0 Å². The van der Waals surface area contributed by atoms with Crippen molar-refractivity contribution in [1.29, 1.82) is 0 Å². The Kier molecular flexibility index (Phi) is 4.93. The number of rotatable bonds is 5. The number of Topliss-reactive ketones (excluding diaryl/α,β-unsaturated/α-hetero) is 1. The third-order valence-electron chi connectivity index (χ3n) is 3.60. The number of ether oxygens (including phenoxy) is 1. The second-order valence-electron chi connectivity index (χ2n) is 5.27. The molecule has 3 heteroatoms. The molecule has 0 aromatic rings. The number of nitrogens with zero attached hydrogens (tertiary/aromatic N) is 1. The Morgan fingerprint density at radius 3 is 2.25 bits per heavy atom. The average Bonchev–Trinajstić information content (AvgIpc) is 2.26. The number of ketones is 1. The zero-order valence-corrected chi connectivity index (χ0v) is 11.1. The first kappa shape index (κ1) is 13.7. The molecule has 0 bridgehead atoms. The number of carbonyl (C=O) groups excluding carboxylic acids is 1. The lowest BCUT2D eigenvalue weighted by Gasteiger charge is -2.41. The van der Waals surface area contributed by atoms with Crippen molar-refractivity contribution in [3.05, 3.63) is 0 Å². The quantitative estimate of drug-likeness (QED) is 0.721. The Morgan fingerprint density at radius 1 is 1.25 bits per heavy atom. The van der Waals surface area contributed by atoms with Crippen molar-refractivity contribution in [1.82, 2.24) is 4.90 Å². The molecule has 16 heavy (non-hydrogen) atoms. The summed E-state index contributed by atoms with van der Waals surface area (Å²) in [5, 5.41) is 0. The standard InChI is InChI=1S/C13H25NO2/c1-11(2)16-10-12(15)13(14(3)4)8-6-5-7-9-13/h11H,5-10H2,1-4H3. The fourth-order valence-electron chi connectivity index (χ4n) is 2.49. The number of likely N-dealkylation sites (N-methyl/N-ethyl adjacent to an activating group) is 1. The van der Waals surface area contributed by atoms with E-state index in [9.17, 15) is 4.79 Å². The lowest BCUT2D eigenvalue weighted by molar-refractivity contribution is -0.138. The van der Waals surface area contributed by atoms with E-state index in [1.165, 1.54) is 6.42 Å². The Balaban J connectivity index is 2.65. The van der Waals surface area contributed by atoms with E-state index in [1.54, 1.807) is 0 Å². The first-order chi connectivity index (χ1) is 7.49. The molecule has 0 atom stereocenters.